The van der Waals surface area contributed by atoms with Crippen LogP contribution in [0.15, 0.2) is 29.3 Å². The number of hydrogen-bond acceptors (Lipinski definition) is 5. The number of aliphatic imine (C=N–C) groups is 1. The molecule has 0 saturated carbocycles. The van der Waals surface area contributed by atoms with Crippen LogP contribution in [0.1, 0.15) is 18.5 Å². The summed E-state index contributed by atoms with van der Waals surface area (Å²) in [6.45, 7) is 4.03. The average Bonchev–Trinajstić information content (AvgIpc) is 2.57. The fourth-order valence-electron chi connectivity index (χ4n) is 3.03. The summed E-state index contributed by atoms with van der Waals surface area (Å²) in [5.74, 6) is 1.22. The number of nitrogens with zero attached hydrogens (tertiary/aromatic N) is 4. The molecule has 0 bridgehead atoms. The highest BCUT2D eigenvalue weighted by molar-refractivity contribution is 6.42. The van der Waals surface area contributed by atoms with Crippen LogP contribution in [0.25, 0.3) is 0 Å². The number of hydrogen-bond donors (Lipinski definition) is 3. The molecular weight excluding hydrogens is 385 g/mol. The minimum atomic E-state index is 0.169. The zero-order chi connectivity index (χ0) is 19.4. The second kappa shape index (κ2) is 8.73. The van der Waals surface area contributed by atoms with Crippen LogP contribution in [-0.4, -0.2) is 47.0 Å². The van der Waals surface area contributed by atoms with Crippen LogP contribution in [0.4, 0.5) is 17.5 Å². The second-order valence-electron chi connectivity index (χ2n) is 6.69. The largest absolute Gasteiger partial charge is 0.369 e. The molecule has 1 saturated heterocycles. The van der Waals surface area contributed by atoms with Gasteiger partial charge in [0.25, 0.3) is 5.95 Å². The van der Waals surface area contributed by atoms with Crippen molar-refractivity contribution in [3.05, 3.63) is 40.0 Å². The van der Waals surface area contributed by atoms with E-state index in [2.05, 4.69) is 37.5 Å². The molecule has 1 aliphatic heterocycles. The molecule has 1 aromatic heterocycles. The summed E-state index contributed by atoms with van der Waals surface area (Å²) in [7, 11) is 2.13. The Labute approximate surface area is 169 Å². The van der Waals surface area contributed by atoms with Crippen LogP contribution in [0, 0.1) is 6.92 Å². The SMILES string of the molecule is Cc1cc(NC2CCCN(C)C2)nc(/N=C(\N)Nc2ccc(Cl)c(Cl)c2)n1. The topological polar surface area (TPSA) is 91.5 Å². The van der Waals surface area contributed by atoms with Gasteiger partial charge in [-0.05, 0) is 51.6 Å². The smallest absolute Gasteiger partial charge is 0.254 e. The van der Waals surface area contributed by atoms with Crippen molar-refractivity contribution >= 4 is 46.6 Å². The van der Waals surface area contributed by atoms with Gasteiger partial charge in [-0.25, -0.2) is 4.98 Å². The van der Waals surface area contributed by atoms with Crippen LogP contribution in [0.3, 0.4) is 0 Å². The summed E-state index contributed by atoms with van der Waals surface area (Å²) in [4.78, 5) is 15.4. The Kier molecular flexibility index (Phi) is 6.36. The molecule has 144 valence electrons. The monoisotopic (exact) mass is 407 g/mol. The Morgan fingerprint density at radius 2 is 2.07 bits per heavy atom. The first kappa shape index (κ1) is 19.7. The van der Waals surface area contributed by atoms with Crippen LogP contribution >= 0.6 is 23.2 Å². The summed E-state index contributed by atoms with van der Waals surface area (Å²) >= 11 is 11.9. The van der Waals surface area contributed by atoms with E-state index in [-0.39, 0.29) is 5.96 Å². The van der Waals surface area contributed by atoms with Gasteiger partial charge in [-0.1, -0.05) is 23.2 Å². The molecule has 2 heterocycles. The first-order valence-corrected chi connectivity index (χ1v) is 9.51. The minimum Gasteiger partial charge on any atom is -0.369 e. The molecule has 0 aliphatic carbocycles. The molecule has 3 rings (SSSR count). The number of halogens is 2. The number of aryl methyl sites for hydroxylation is 1. The molecule has 7 nitrogen and oxygen atoms in total. The van der Waals surface area contributed by atoms with E-state index in [0.717, 1.165) is 31.0 Å². The number of guanidine groups is 1. The van der Waals surface area contributed by atoms with Crippen molar-refractivity contribution in [2.75, 3.05) is 30.8 Å². The van der Waals surface area contributed by atoms with E-state index >= 15 is 0 Å². The quantitative estimate of drug-likeness (QED) is 0.528. The highest BCUT2D eigenvalue weighted by atomic mass is 35.5. The molecule has 0 radical (unpaired) electrons. The van der Waals surface area contributed by atoms with Crippen LogP contribution in [0.2, 0.25) is 10.0 Å². The van der Waals surface area contributed by atoms with Crippen molar-refractivity contribution in [1.29, 1.82) is 0 Å². The summed E-state index contributed by atoms with van der Waals surface area (Å²) in [6, 6.07) is 7.40. The van der Waals surface area contributed by atoms with Gasteiger partial charge in [0.1, 0.15) is 5.82 Å². The van der Waals surface area contributed by atoms with Crippen molar-refractivity contribution in [3.8, 4) is 0 Å². The first-order valence-electron chi connectivity index (χ1n) is 8.76. The Morgan fingerprint density at radius 1 is 1.26 bits per heavy atom. The fourth-order valence-corrected chi connectivity index (χ4v) is 3.33. The molecule has 1 fully saturated rings. The molecule has 1 atom stereocenters. The van der Waals surface area contributed by atoms with Crippen LogP contribution < -0.4 is 16.4 Å². The molecule has 27 heavy (non-hydrogen) atoms. The number of piperidine rings is 1. The lowest BCUT2D eigenvalue weighted by molar-refractivity contribution is 0.261. The van der Waals surface area contributed by atoms with Gasteiger partial charge in [-0.15, -0.1) is 0 Å². The van der Waals surface area contributed by atoms with E-state index in [1.165, 1.54) is 6.42 Å². The van der Waals surface area contributed by atoms with Gasteiger partial charge in [0, 0.05) is 30.0 Å². The van der Waals surface area contributed by atoms with Gasteiger partial charge in [-0.3, -0.25) is 0 Å². The maximum atomic E-state index is 6.01. The van der Waals surface area contributed by atoms with Crippen molar-refractivity contribution in [2.24, 2.45) is 10.7 Å². The van der Waals surface area contributed by atoms with E-state index in [9.17, 15) is 0 Å². The highest BCUT2D eigenvalue weighted by Gasteiger charge is 2.17. The third-order valence-electron chi connectivity index (χ3n) is 4.23. The standard InChI is InChI=1S/C18H23Cl2N7/c1-11-8-16(23-13-4-3-7-27(2)10-13)25-18(22-11)26-17(21)24-12-5-6-14(19)15(20)9-12/h5-6,8-9,13H,3-4,7,10H2,1-2H3,(H4,21,22,23,24,25,26). The Hall–Kier alpha value is -2.09. The van der Waals surface area contributed by atoms with Crippen molar-refractivity contribution in [3.63, 3.8) is 0 Å². The van der Waals surface area contributed by atoms with Gasteiger partial charge in [0.05, 0.1) is 10.0 Å². The van der Waals surface area contributed by atoms with E-state index < -0.39 is 0 Å². The number of nitrogens with two attached hydrogens (primary N) is 1. The van der Waals surface area contributed by atoms with Crippen molar-refractivity contribution < 1.29 is 0 Å². The summed E-state index contributed by atoms with van der Waals surface area (Å²) in [5.41, 5.74) is 7.48. The number of benzene rings is 1. The zero-order valence-corrected chi connectivity index (χ0v) is 16.8. The van der Waals surface area contributed by atoms with Gasteiger partial charge in [-0.2, -0.15) is 9.98 Å². The molecule has 1 aliphatic rings. The maximum absolute atomic E-state index is 6.01. The summed E-state index contributed by atoms with van der Waals surface area (Å²) < 4.78 is 0. The maximum Gasteiger partial charge on any atom is 0.254 e. The Bertz CT molecular complexity index is 840. The third kappa shape index (κ3) is 5.69. The zero-order valence-electron chi connectivity index (χ0n) is 15.3. The van der Waals surface area contributed by atoms with Gasteiger partial charge in [0.15, 0.2) is 0 Å². The predicted molar refractivity (Wildman–Crippen MR) is 112 cm³/mol. The van der Waals surface area contributed by atoms with Gasteiger partial charge < -0.3 is 21.3 Å². The van der Waals surface area contributed by atoms with E-state index in [1.807, 2.05) is 13.0 Å². The lowest BCUT2D eigenvalue weighted by atomic mass is 10.1. The lowest BCUT2D eigenvalue weighted by Gasteiger charge is -2.30. The molecule has 1 aromatic carbocycles. The molecule has 1 unspecified atom stereocenters. The second-order valence-corrected chi connectivity index (χ2v) is 7.51. The van der Waals surface area contributed by atoms with Crippen molar-refractivity contribution in [1.82, 2.24) is 14.9 Å². The van der Waals surface area contributed by atoms with Gasteiger partial charge >= 0.3 is 0 Å². The molecule has 2 aromatic rings. The molecule has 0 amide bonds. The third-order valence-corrected chi connectivity index (χ3v) is 4.97. The molecule has 9 heteroatoms. The van der Waals surface area contributed by atoms with E-state index in [4.69, 9.17) is 28.9 Å². The number of nitrogens with one attached hydrogen (secondary N) is 2. The summed E-state index contributed by atoms with van der Waals surface area (Å²) in [6.07, 6.45) is 2.29. The fraction of sp³-hybridized carbons (Fsp3) is 0.389. The number of likely N-dealkylation sites (tertiary alicyclic amines) is 1. The predicted octanol–water partition coefficient (Wildman–Crippen LogP) is 3.66. The van der Waals surface area contributed by atoms with Crippen molar-refractivity contribution in [2.45, 2.75) is 25.8 Å². The molecular formula is C18H23Cl2N7. The number of anilines is 2. The Balaban J connectivity index is 1.72. The number of rotatable bonds is 4. The van der Waals surface area contributed by atoms with Crippen LogP contribution in [-0.2, 0) is 0 Å². The number of aromatic nitrogens is 2. The van der Waals surface area contributed by atoms with Crippen LogP contribution in [0.5, 0.6) is 0 Å². The average molecular weight is 408 g/mol. The van der Waals surface area contributed by atoms with Gasteiger partial charge in [0.2, 0.25) is 5.96 Å². The Morgan fingerprint density at radius 3 is 2.81 bits per heavy atom. The normalized spacial score (nSPS) is 18.4. The van der Waals surface area contributed by atoms with E-state index in [1.54, 1.807) is 18.2 Å². The molecule has 0 spiro atoms. The highest BCUT2D eigenvalue weighted by Crippen LogP contribution is 2.25. The van der Waals surface area contributed by atoms with E-state index in [0.29, 0.717) is 27.7 Å². The number of likely N-dealkylation sites (N-methyl/N-ethyl adjacent to an activating group) is 1. The lowest BCUT2D eigenvalue weighted by Crippen LogP contribution is -2.39. The minimum absolute atomic E-state index is 0.169. The molecule has 4 N–H and O–H groups in total. The summed E-state index contributed by atoms with van der Waals surface area (Å²) in [5, 5.41) is 7.35. The first-order chi connectivity index (χ1) is 12.9.